The zero-order valence-corrected chi connectivity index (χ0v) is 18.4. The number of rotatable bonds is 7. The zero-order valence-electron chi connectivity index (χ0n) is 17.5. The predicted molar refractivity (Wildman–Crippen MR) is 115 cm³/mol. The van der Waals surface area contributed by atoms with Gasteiger partial charge in [0, 0.05) is 30.5 Å². The molecule has 1 aromatic carbocycles. The lowest BCUT2D eigenvalue weighted by Gasteiger charge is -2.31. The summed E-state index contributed by atoms with van der Waals surface area (Å²) in [6, 6.07) is 2.56. The quantitative estimate of drug-likeness (QED) is 0.509. The lowest BCUT2D eigenvalue weighted by Crippen LogP contribution is -2.41. The minimum atomic E-state index is -0.609. The van der Waals surface area contributed by atoms with E-state index in [9.17, 15) is 19.7 Å². The number of carbonyl (C=O) groups is 2. The van der Waals surface area contributed by atoms with E-state index in [-0.39, 0.29) is 34.6 Å². The highest BCUT2D eigenvalue weighted by atomic mass is 32.1. The molecule has 31 heavy (non-hydrogen) atoms. The highest BCUT2D eigenvalue weighted by Gasteiger charge is 2.32. The highest BCUT2D eigenvalue weighted by molar-refractivity contribution is 7.13. The van der Waals surface area contributed by atoms with Gasteiger partial charge in [0.25, 0.3) is 11.6 Å². The summed E-state index contributed by atoms with van der Waals surface area (Å²) in [4.78, 5) is 42.2. The number of amides is 2. The van der Waals surface area contributed by atoms with Crippen LogP contribution in [0.25, 0.3) is 0 Å². The Kier molecular flexibility index (Phi) is 7.06. The van der Waals surface area contributed by atoms with Gasteiger partial charge >= 0.3 is 0 Å². The molecule has 0 aliphatic carbocycles. The number of aromatic nitrogens is 1. The van der Waals surface area contributed by atoms with Crippen LogP contribution >= 0.6 is 11.3 Å². The molecule has 1 saturated heterocycles. The number of piperidine rings is 1. The lowest BCUT2D eigenvalue weighted by molar-refractivity contribution is -0.385. The summed E-state index contributed by atoms with van der Waals surface area (Å²) in [7, 11) is 1.38. The highest BCUT2D eigenvalue weighted by Crippen LogP contribution is 2.36. The summed E-state index contributed by atoms with van der Waals surface area (Å²) in [5.74, 6) is -0.386. The third-order valence-electron chi connectivity index (χ3n) is 5.01. The van der Waals surface area contributed by atoms with E-state index in [4.69, 9.17) is 9.47 Å². The lowest BCUT2D eigenvalue weighted by atomic mass is 9.95. The topological polar surface area (TPSA) is 124 Å². The van der Waals surface area contributed by atoms with Crippen molar-refractivity contribution in [3.05, 3.63) is 38.9 Å². The van der Waals surface area contributed by atoms with E-state index in [0.29, 0.717) is 37.7 Å². The number of likely N-dealkylation sites (tertiary alicyclic amines) is 1. The number of benzene rings is 1. The first-order valence-electron chi connectivity index (χ1n) is 9.85. The van der Waals surface area contributed by atoms with Gasteiger partial charge in [0.05, 0.1) is 30.4 Å². The van der Waals surface area contributed by atoms with E-state index >= 15 is 0 Å². The molecule has 3 rings (SSSR count). The van der Waals surface area contributed by atoms with E-state index < -0.39 is 10.8 Å². The van der Waals surface area contributed by atoms with Crippen molar-refractivity contribution in [3.8, 4) is 11.5 Å². The maximum atomic E-state index is 13.1. The number of hydrogen-bond donors (Lipinski definition) is 1. The van der Waals surface area contributed by atoms with Gasteiger partial charge in [0.15, 0.2) is 16.6 Å². The molecule has 2 heterocycles. The Bertz CT molecular complexity index is 984. The normalized spacial score (nSPS) is 14.2. The minimum Gasteiger partial charge on any atom is -0.493 e. The standard InChI is InChI=1S/C20H24N4O6S/c1-4-30-17-9-14(15(24(27)28)10-16(17)29-3)19(26)23-7-5-13(6-8-23)18(25)22-20-21-12(2)11-31-20/h9-11,13H,4-8H2,1-3H3,(H,21,22,25). The molecule has 0 radical (unpaired) electrons. The van der Waals surface area contributed by atoms with Crippen molar-refractivity contribution in [1.82, 2.24) is 9.88 Å². The molecule has 0 spiro atoms. The van der Waals surface area contributed by atoms with Crippen LogP contribution in [0.4, 0.5) is 10.8 Å². The summed E-state index contributed by atoms with van der Waals surface area (Å²) in [5, 5.41) is 16.8. The van der Waals surface area contributed by atoms with Crippen molar-refractivity contribution in [2.24, 2.45) is 5.92 Å². The first-order chi connectivity index (χ1) is 14.8. The molecule has 1 aliphatic heterocycles. The molecule has 1 fully saturated rings. The fourth-order valence-corrected chi connectivity index (χ4v) is 4.12. The van der Waals surface area contributed by atoms with Gasteiger partial charge in [0.2, 0.25) is 5.91 Å². The second kappa shape index (κ2) is 9.73. The number of nitrogens with one attached hydrogen (secondary N) is 1. The number of thiazole rings is 1. The SMILES string of the molecule is CCOc1cc(C(=O)N2CCC(C(=O)Nc3nc(C)cs3)CC2)c([N+](=O)[O-])cc1OC. The van der Waals surface area contributed by atoms with Crippen molar-refractivity contribution in [1.29, 1.82) is 0 Å². The van der Waals surface area contributed by atoms with E-state index in [1.807, 2.05) is 12.3 Å². The Morgan fingerprint density at radius 1 is 1.32 bits per heavy atom. The van der Waals surface area contributed by atoms with Crippen LogP contribution in [0.15, 0.2) is 17.5 Å². The van der Waals surface area contributed by atoms with Gasteiger partial charge in [-0.1, -0.05) is 0 Å². The van der Waals surface area contributed by atoms with E-state index in [1.54, 1.807) is 6.92 Å². The van der Waals surface area contributed by atoms with Gasteiger partial charge < -0.3 is 19.7 Å². The largest absolute Gasteiger partial charge is 0.493 e. The van der Waals surface area contributed by atoms with E-state index in [0.717, 1.165) is 5.69 Å². The van der Waals surface area contributed by atoms with Crippen LogP contribution in [0.2, 0.25) is 0 Å². The monoisotopic (exact) mass is 448 g/mol. The van der Waals surface area contributed by atoms with E-state index in [2.05, 4.69) is 10.3 Å². The van der Waals surface area contributed by atoms with Gasteiger partial charge in [-0.2, -0.15) is 0 Å². The van der Waals surface area contributed by atoms with Crippen molar-refractivity contribution in [2.45, 2.75) is 26.7 Å². The molecule has 0 atom stereocenters. The smallest absolute Gasteiger partial charge is 0.286 e. The fraction of sp³-hybridized carbons (Fsp3) is 0.450. The number of carbonyl (C=O) groups excluding carboxylic acids is 2. The van der Waals surface area contributed by atoms with Crippen molar-refractivity contribution < 1.29 is 24.0 Å². The number of ether oxygens (including phenoxy) is 2. The molecule has 10 nitrogen and oxygen atoms in total. The van der Waals surface area contributed by atoms with Gasteiger partial charge in [-0.25, -0.2) is 4.98 Å². The Balaban J connectivity index is 1.71. The Labute approximate surface area is 183 Å². The molecule has 1 aliphatic rings. The number of aryl methyl sites for hydroxylation is 1. The van der Waals surface area contributed by atoms with Crippen molar-refractivity contribution >= 4 is 34.0 Å². The zero-order chi connectivity index (χ0) is 22.5. The van der Waals surface area contributed by atoms with Gasteiger partial charge in [0.1, 0.15) is 5.56 Å². The second-order valence-electron chi connectivity index (χ2n) is 7.06. The number of nitro benzene ring substituents is 1. The molecular weight excluding hydrogens is 424 g/mol. The Morgan fingerprint density at radius 2 is 2.03 bits per heavy atom. The molecule has 11 heteroatoms. The summed E-state index contributed by atoms with van der Waals surface area (Å²) in [6.45, 7) is 4.58. The maximum absolute atomic E-state index is 13.1. The minimum absolute atomic E-state index is 0.0598. The van der Waals surface area contributed by atoms with Gasteiger partial charge in [-0.05, 0) is 26.7 Å². The van der Waals surface area contributed by atoms with Crippen molar-refractivity contribution in [2.75, 3.05) is 32.1 Å². The average molecular weight is 449 g/mol. The molecule has 1 N–H and O–H groups in total. The maximum Gasteiger partial charge on any atom is 0.286 e. The molecule has 2 amide bonds. The molecule has 1 aromatic heterocycles. The van der Waals surface area contributed by atoms with Crippen LogP contribution in [0.5, 0.6) is 11.5 Å². The molecule has 166 valence electrons. The Morgan fingerprint density at radius 3 is 2.58 bits per heavy atom. The van der Waals surface area contributed by atoms with Gasteiger partial charge in [-0.3, -0.25) is 19.7 Å². The first-order valence-corrected chi connectivity index (χ1v) is 10.7. The van der Waals surface area contributed by atoms with Crippen LogP contribution in [-0.4, -0.2) is 53.4 Å². The number of methoxy groups -OCH3 is 1. The van der Waals surface area contributed by atoms with Crippen molar-refractivity contribution in [3.63, 3.8) is 0 Å². The first kappa shape index (κ1) is 22.5. The van der Waals surface area contributed by atoms with Crippen LogP contribution in [0.3, 0.4) is 0 Å². The summed E-state index contributed by atoms with van der Waals surface area (Å²) in [6.07, 6.45) is 0.925. The van der Waals surface area contributed by atoms with Crippen LogP contribution in [0.1, 0.15) is 35.8 Å². The number of hydrogen-bond acceptors (Lipinski definition) is 8. The second-order valence-corrected chi connectivity index (χ2v) is 7.92. The van der Waals surface area contributed by atoms with Crippen LogP contribution in [0, 0.1) is 23.0 Å². The summed E-state index contributed by atoms with van der Waals surface area (Å²) < 4.78 is 10.6. The molecular formula is C20H24N4O6S. The average Bonchev–Trinajstić information content (AvgIpc) is 3.17. The molecule has 0 unspecified atom stereocenters. The number of nitrogens with zero attached hydrogens (tertiary/aromatic N) is 3. The van der Waals surface area contributed by atoms with Crippen LogP contribution < -0.4 is 14.8 Å². The summed E-state index contributed by atoms with van der Waals surface area (Å²) in [5.41, 5.74) is 0.438. The molecule has 0 saturated carbocycles. The van der Waals surface area contributed by atoms with Crippen LogP contribution in [-0.2, 0) is 4.79 Å². The predicted octanol–water partition coefficient (Wildman–Crippen LogP) is 3.26. The third kappa shape index (κ3) is 5.10. The number of anilines is 1. The Hall–Kier alpha value is -3.21. The molecule has 0 bridgehead atoms. The summed E-state index contributed by atoms with van der Waals surface area (Å²) >= 11 is 1.36. The fourth-order valence-electron chi connectivity index (χ4n) is 3.43. The van der Waals surface area contributed by atoms with Gasteiger partial charge in [-0.15, -0.1) is 11.3 Å². The number of nitro groups is 1. The van der Waals surface area contributed by atoms with E-state index in [1.165, 1.54) is 35.5 Å². The molecule has 2 aromatic rings. The third-order valence-corrected chi connectivity index (χ3v) is 5.89.